The molecule has 0 spiro atoms. The van der Waals surface area contributed by atoms with Crippen LogP contribution in [0.3, 0.4) is 0 Å². The molecular weight excluding hydrogens is 475 g/mol. The summed E-state index contributed by atoms with van der Waals surface area (Å²) in [5.41, 5.74) is 4.86. The van der Waals surface area contributed by atoms with Crippen molar-refractivity contribution in [1.29, 1.82) is 0 Å². The number of rotatable bonds is 6. The van der Waals surface area contributed by atoms with Gasteiger partial charge in [0.05, 0.1) is 13.1 Å². The fourth-order valence-corrected chi connectivity index (χ4v) is 1.81. The number of hydrogen-bond donors (Lipinski definition) is 6. The fraction of sp³-hybridized carbons (Fsp3) is 0.190. The summed E-state index contributed by atoms with van der Waals surface area (Å²) in [7, 11) is 0. The molecule has 2 aromatic carbocycles. The summed E-state index contributed by atoms with van der Waals surface area (Å²) in [6.45, 7) is 2.81. The number of ketones is 1. The van der Waals surface area contributed by atoms with Crippen molar-refractivity contribution in [2.75, 3.05) is 13.1 Å². The molecule has 2 rings (SSSR count). The predicted octanol–water partition coefficient (Wildman–Crippen LogP) is -0.595. The number of benzene rings is 2. The molecule has 0 fully saturated rings. The van der Waals surface area contributed by atoms with Gasteiger partial charge in [-0.05, 0) is 38.1 Å². The van der Waals surface area contributed by atoms with Crippen LogP contribution in [0.25, 0.3) is 0 Å². The fourth-order valence-electron chi connectivity index (χ4n) is 1.81. The average Bonchev–Trinajstić information content (AvgIpc) is 2.81. The summed E-state index contributed by atoms with van der Waals surface area (Å²) in [6.07, 6.45) is 0. The Labute approximate surface area is 202 Å². The number of carbonyl (C=O) groups is 5. The van der Waals surface area contributed by atoms with Crippen molar-refractivity contribution in [2.24, 2.45) is 11.7 Å². The zero-order valence-corrected chi connectivity index (χ0v) is 19.3. The van der Waals surface area contributed by atoms with Gasteiger partial charge in [-0.3, -0.25) is 30.0 Å². The SMILES string of the molecule is CC(C)=O.NNC(=O)CNC(=O)c1ccccc1.NNC(=O)CNC(=O)c1ccccc1.[Co]. The van der Waals surface area contributed by atoms with E-state index in [1.807, 2.05) is 23.0 Å². The van der Waals surface area contributed by atoms with Crippen molar-refractivity contribution in [1.82, 2.24) is 21.5 Å². The van der Waals surface area contributed by atoms with E-state index in [2.05, 4.69) is 10.6 Å². The van der Waals surface area contributed by atoms with Gasteiger partial charge < -0.3 is 15.4 Å². The summed E-state index contributed by atoms with van der Waals surface area (Å²) in [5, 5.41) is 4.84. The molecule has 0 saturated heterocycles. The number of nitrogens with two attached hydrogens (primary N) is 2. The first kappa shape index (κ1) is 31.6. The third-order valence-electron chi connectivity index (χ3n) is 3.21. The molecule has 0 atom stereocenters. The van der Waals surface area contributed by atoms with Crippen LogP contribution in [-0.2, 0) is 31.2 Å². The topological polar surface area (TPSA) is 186 Å². The second-order valence-corrected chi connectivity index (χ2v) is 6.14. The van der Waals surface area contributed by atoms with Crippen molar-refractivity contribution in [3.63, 3.8) is 0 Å². The normalized spacial score (nSPS) is 8.61. The monoisotopic (exact) mass is 503 g/mol. The first-order valence-electron chi connectivity index (χ1n) is 9.33. The van der Waals surface area contributed by atoms with Crippen LogP contribution in [0.5, 0.6) is 0 Å². The number of Topliss-reactive ketones (excluding diaryl/α,β-unsaturated/α-hetero) is 1. The van der Waals surface area contributed by atoms with Crippen molar-refractivity contribution in [2.45, 2.75) is 13.8 Å². The molecule has 0 aliphatic rings. The average molecular weight is 503 g/mol. The van der Waals surface area contributed by atoms with Gasteiger partial charge in [-0.15, -0.1) is 0 Å². The van der Waals surface area contributed by atoms with E-state index in [0.717, 1.165) is 0 Å². The van der Waals surface area contributed by atoms with Crippen LogP contribution in [0.4, 0.5) is 0 Å². The number of amides is 4. The van der Waals surface area contributed by atoms with E-state index in [0.29, 0.717) is 11.1 Å². The molecule has 0 aliphatic heterocycles. The molecule has 4 amide bonds. The Balaban J connectivity index is 0. The van der Waals surface area contributed by atoms with Crippen LogP contribution in [0.15, 0.2) is 60.7 Å². The second-order valence-electron chi connectivity index (χ2n) is 6.14. The maximum absolute atomic E-state index is 11.3. The Morgan fingerprint density at radius 2 is 0.909 bits per heavy atom. The Morgan fingerprint density at radius 3 is 1.15 bits per heavy atom. The van der Waals surface area contributed by atoms with Crippen LogP contribution in [-0.4, -0.2) is 42.5 Å². The molecule has 181 valence electrons. The third-order valence-corrected chi connectivity index (χ3v) is 3.21. The molecule has 0 aromatic heterocycles. The molecule has 0 aliphatic carbocycles. The van der Waals surface area contributed by atoms with Gasteiger partial charge in [-0.2, -0.15) is 0 Å². The quantitative estimate of drug-likeness (QED) is 0.173. The van der Waals surface area contributed by atoms with Crippen molar-refractivity contribution >= 4 is 29.4 Å². The summed E-state index contributed by atoms with van der Waals surface area (Å²) in [4.78, 5) is 53.5. The van der Waals surface area contributed by atoms with E-state index in [4.69, 9.17) is 11.7 Å². The van der Waals surface area contributed by atoms with Crippen molar-refractivity contribution in [3.05, 3.63) is 71.8 Å². The molecule has 0 unspecified atom stereocenters. The summed E-state index contributed by atoms with van der Waals surface area (Å²) >= 11 is 0. The minimum Gasteiger partial charge on any atom is -0.343 e. The van der Waals surface area contributed by atoms with Crippen molar-refractivity contribution < 1.29 is 40.8 Å². The van der Waals surface area contributed by atoms with Gasteiger partial charge in [0, 0.05) is 27.9 Å². The standard InChI is InChI=1S/2C9H11N3O2.C3H6O.Co/c2*10-12-8(13)6-11-9(14)7-4-2-1-3-5-7;1-3(2)4;/h2*1-5H,6,10H2,(H,11,14)(H,12,13);1-2H3;. The first-order valence-corrected chi connectivity index (χ1v) is 9.33. The van der Waals surface area contributed by atoms with Gasteiger partial charge in [-0.25, -0.2) is 11.7 Å². The van der Waals surface area contributed by atoms with Crippen LogP contribution in [0.2, 0.25) is 0 Å². The molecule has 8 N–H and O–H groups in total. The van der Waals surface area contributed by atoms with Gasteiger partial charge in [0.2, 0.25) is 0 Å². The van der Waals surface area contributed by atoms with Gasteiger partial charge >= 0.3 is 0 Å². The Kier molecular flexibility index (Phi) is 18.3. The number of hydrazine groups is 2. The number of hydrogen-bond acceptors (Lipinski definition) is 7. The Morgan fingerprint density at radius 1 is 0.636 bits per heavy atom. The molecule has 12 heteroatoms. The molecule has 2 aromatic rings. The van der Waals surface area contributed by atoms with E-state index >= 15 is 0 Å². The number of nitrogens with one attached hydrogen (secondary N) is 4. The van der Waals surface area contributed by atoms with E-state index in [-0.39, 0.29) is 47.5 Å². The van der Waals surface area contributed by atoms with Gasteiger partial charge in [0.1, 0.15) is 5.78 Å². The minimum absolute atomic E-state index is 0. The van der Waals surface area contributed by atoms with Crippen LogP contribution < -0.4 is 33.2 Å². The smallest absolute Gasteiger partial charge is 0.253 e. The third kappa shape index (κ3) is 16.7. The maximum atomic E-state index is 11.3. The van der Waals surface area contributed by atoms with Crippen molar-refractivity contribution in [3.8, 4) is 0 Å². The molecule has 1 radical (unpaired) electrons. The first-order chi connectivity index (χ1) is 15.2. The Bertz CT molecular complexity index is 810. The van der Waals surface area contributed by atoms with E-state index in [9.17, 15) is 24.0 Å². The van der Waals surface area contributed by atoms with E-state index in [1.165, 1.54) is 13.8 Å². The minimum atomic E-state index is -0.436. The zero-order valence-electron chi connectivity index (χ0n) is 18.2. The summed E-state index contributed by atoms with van der Waals surface area (Å²) in [6, 6.07) is 17.3. The maximum Gasteiger partial charge on any atom is 0.253 e. The number of carbonyl (C=O) groups excluding carboxylic acids is 5. The molecule has 11 nitrogen and oxygen atoms in total. The van der Waals surface area contributed by atoms with E-state index < -0.39 is 11.8 Å². The second kappa shape index (κ2) is 19.1. The molecule has 0 bridgehead atoms. The van der Waals surface area contributed by atoms with Gasteiger partial charge in [0.25, 0.3) is 23.6 Å². The predicted molar refractivity (Wildman–Crippen MR) is 119 cm³/mol. The largest absolute Gasteiger partial charge is 0.343 e. The molecule has 0 heterocycles. The summed E-state index contributed by atoms with van der Waals surface area (Å²) in [5.74, 6) is 8.39. The van der Waals surface area contributed by atoms with Crippen LogP contribution in [0.1, 0.15) is 34.6 Å². The van der Waals surface area contributed by atoms with E-state index in [1.54, 1.807) is 48.5 Å². The summed E-state index contributed by atoms with van der Waals surface area (Å²) < 4.78 is 0. The van der Waals surface area contributed by atoms with Crippen LogP contribution >= 0.6 is 0 Å². The van der Waals surface area contributed by atoms with Gasteiger partial charge in [0.15, 0.2) is 0 Å². The van der Waals surface area contributed by atoms with Gasteiger partial charge in [-0.1, -0.05) is 36.4 Å². The molecule has 33 heavy (non-hydrogen) atoms. The zero-order chi connectivity index (χ0) is 24.4. The molecule has 0 saturated carbocycles. The Hall–Kier alpha value is -3.58. The molecular formula is C21H28CoN6O5. The van der Waals surface area contributed by atoms with Crippen LogP contribution in [0, 0.1) is 0 Å².